The van der Waals surface area contributed by atoms with Crippen LogP contribution in [0, 0.1) is 12.8 Å². The molecule has 0 radical (unpaired) electrons. The van der Waals surface area contributed by atoms with Gasteiger partial charge in [0.1, 0.15) is 0 Å². The molecule has 1 aromatic rings. The molecule has 0 spiro atoms. The van der Waals surface area contributed by atoms with Gasteiger partial charge in [0.25, 0.3) is 10.1 Å². The molecule has 0 aromatic heterocycles. The fraction of sp³-hybridized carbons (Fsp3) is 0.600. The van der Waals surface area contributed by atoms with Gasteiger partial charge in [-0.15, -0.1) is 0 Å². The molecule has 4 atom stereocenters. The van der Waals surface area contributed by atoms with Gasteiger partial charge in [0.05, 0.1) is 30.6 Å². The van der Waals surface area contributed by atoms with Gasteiger partial charge >= 0.3 is 0 Å². The van der Waals surface area contributed by atoms with Crippen LogP contribution in [0.25, 0.3) is 0 Å². The Morgan fingerprint density at radius 1 is 1.20 bits per heavy atom. The van der Waals surface area contributed by atoms with Crippen molar-refractivity contribution in [2.24, 2.45) is 5.92 Å². The van der Waals surface area contributed by atoms with E-state index in [1.807, 2.05) is 6.92 Å². The minimum Gasteiger partial charge on any atom is -0.335 e. The molecule has 20 heavy (non-hydrogen) atoms. The van der Waals surface area contributed by atoms with Crippen LogP contribution in [0.15, 0.2) is 29.2 Å². The number of quaternary nitrogens is 1. The highest BCUT2D eigenvalue weighted by atomic mass is 32.2. The summed E-state index contributed by atoms with van der Waals surface area (Å²) < 4.78 is 30.2. The summed E-state index contributed by atoms with van der Waals surface area (Å²) in [5.41, 5.74) is 1.05. The van der Waals surface area contributed by atoms with Crippen LogP contribution in [0.3, 0.4) is 0 Å². The van der Waals surface area contributed by atoms with Gasteiger partial charge in [-0.3, -0.25) is 4.18 Å². The van der Waals surface area contributed by atoms with Gasteiger partial charge in [-0.2, -0.15) is 8.42 Å². The Balaban J connectivity index is 1.76. The predicted octanol–water partition coefficient (Wildman–Crippen LogP) is 0.766. The van der Waals surface area contributed by atoms with E-state index in [1.54, 1.807) is 24.3 Å². The van der Waals surface area contributed by atoms with E-state index in [-0.39, 0.29) is 11.0 Å². The molecule has 2 heterocycles. The monoisotopic (exact) mass is 296 g/mol. The number of piperidine rings is 2. The summed E-state index contributed by atoms with van der Waals surface area (Å²) in [7, 11) is -1.43. The van der Waals surface area contributed by atoms with Crippen LogP contribution in [0.4, 0.5) is 0 Å². The quantitative estimate of drug-likeness (QED) is 0.838. The zero-order valence-corrected chi connectivity index (χ0v) is 12.8. The number of nitrogens with one attached hydrogen (secondary N) is 1. The zero-order valence-electron chi connectivity index (χ0n) is 12.0. The smallest absolute Gasteiger partial charge is 0.297 e. The van der Waals surface area contributed by atoms with Gasteiger partial charge in [0.2, 0.25) is 0 Å². The Labute approximate surface area is 120 Å². The Morgan fingerprint density at radius 2 is 1.90 bits per heavy atom. The van der Waals surface area contributed by atoms with Crippen molar-refractivity contribution in [2.75, 3.05) is 13.6 Å². The van der Waals surface area contributed by atoms with E-state index in [4.69, 9.17) is 4.18 Å². The van der Waals surface area contributed by atoms with Gasteiger partial charge in [0, 0.05) is 18.8 Å². The average molecular weight is 296 g/mol. The summed E-state index contributed by atoms with van der Waals surface area (Å²) in [6.45, 7) is 2.97. The first-order valence-electron chi connectivity index (χ1n) is 7.28. The molecule has 2 bridgehead atoms. The van der Waals surface area contributed by atoms with E-state index >= 15 is 0 Å². The van der Waals surface area contributed by atoms with Gasteiger partial charge in [-0.05, 0) is 25.5 Å². The number of rotatable bonds is 3. The lowest BCUT2D eigenvalue weighted by Gasteiger charge is -2.44. The third kappa shape index (κ3) is 2.62. The van der Waals surface area contributed by atoms with Crippen molar-refractivity contribution in [2.45, 2.75) is 43.2 Å². The maximum absolute atomic E-state index is 12.3. The predicted molar refractivity (Wildman–Crippen MR) is 76.1 cm³/mol. The SMILES string of the molecule is Cc1ccc(S(=O)(=O)O[C@H]2C[C@H]3CC[C@@H]2C[NH+]3C)cc1. The van der Waals surface area contributed by atoms with Crippen LogP contribution in [-0.4, -0.2) is 34.2 Å². The molecule has 2 saturated heterocycles. The Bertz CT molecular complexity index is 582. The molecule has 5 heteroatoms. The van der Waals surface area contributed by atoms with E-state index in [0.717, 1.165) is 24.9 Å². The Morgan fingerprint density at radius 3 is 2.45 bits per heavy atom. The van der Waals surface area contributed by atoms with Crippen molar-refractivity contribution in [3.8, 4) is 0 Å². The maximum Gasteiger partial charge on any atom is 0.297 e. The van der Waals surface area contributed by atoms with Crippen molar-refractivity contribution in [1.29, 1.82) is 0 Å². The molecule has 1 N–H and O–H groups in total. The highest BCUT2D eigenvalue weighted by molar-refractivity contribution is 7.86. The molecule has 1 aromatic carbocycles. The molecule has 1 saturated carbocycles. The van der Waals surface area contributed by atoms with Crippen LogP contribution < -0.4 is 4.90 Å². The van der Waals surface area contributed by atoms with E-state index < -0.39 is 10.1 Å². The second-order valence-electron chi connectivity index (χ2n) is 6.22. The first kappa shape index (κ1) is 14.0. The molecule has 3 aliphatic rings. The van der Waals surface area contributed by atoms with Crippen LogP contribution in [0.2, 0.25) is 0 Å². The molecule has 4 rings (SSSR count). The first-order valence-corrected chi connectivity index (χ1v) is 8.69. The zero-order chi connectivity index (χ0) is 14.3. The molecular weight excluding hydrogens is 274 g/mol. The summed E-state index contributed by atoms with van der Waals surface area (Å²) in [5, 5.41) is 0. The summed E-state index contributed by atoms with van der Waals surface area (Å²) >= 11 is 0. The van der Waals surface area contributed by atoms with E-state index in [9.17, 15) is 8.42 Å². The lowest BCUT2D eigenvalue weighted by molar-refractivity contribution is -0.923. The van der Waals surface area contributed by atoms with Crippen LogP contribution in [0.1, 0.15) is 24.8 Å². The molecule has 3 fully saturated rings. The summed E-state index contributed by atoms with van der Waals surface area (Å²) in [6, 6.07) is 7.42. The minimum atomic E-state index is -3.63. The second kappa shape index (κ2) is 5.13. The Hall–Kier alpha value is -0.910. The number of benzene rings is 1. The summed E-state index contributed by atoms with van der Waals surface area (Å²) in [6.07, 6.45) is 3.02. The molecule has 0 amide bonds. The van der Waals surface area contributed by atoms with Crippen LogP contribution in [0.5, 0.6) is 0 Å². The molecule has 1 unspecified atom stereocenters. The number of fused-ring (bicyclic) bond motifs is 3. The van der Waals surface area contributed by atoms with Crippen molar-refractivity contribution in [1.82, 2.24) is 0 Å². The second-order valence-corrected chi connectivity index (χ2v) is 7.79. The maximum atomic E-state index is 12.3. The van der Waals surface area contributed by atoms with Crippen molar-refractivity contribution in [3.63, 3.8) is 0 Å². The average Bonchev–Trinajstić information content (AvgIpc) is 2.40. The molecule has 110 valence electrons. The minimum absolute atomic E-state index is 0.135. The van der Waals surface area contributed by atoms with Gasteiger partial charge in [-0.25, -0.2) is 0 Å². The van der Waals surface area contributed by atoms with E-state index in [1.165, 1.54) is 11.3 Å². The Kier molecular flexibility index (Phi) is 3.60. The van der Waals surface area contributed by atoms with Crippen molar-refractivity contribution in [3.05, 3.63) is 29.8 Å². The van der Waals surface area contributed by atoms with Gasteiger partial charge in [-0.1, -0.05) is 17.7 Å². The topological polar surface area (TPSA) is 47.8 Å². The van der Waals surface area contributed by atoms with Gasteiger partial charge in [0.15, 0.2) is 0 Å². The van der Waals surface area contributed by atoms with Crippen LogP contribution >= 0.6 is 0 Å². The van der Waals surface area contributed by atoms with Crippen molar-refractivity contribution < 1.29 is 17.5 Å². The molecule has 4 nitrogen and oxygen atoms in total. The van der Waals surface area contributed by atoms with Crippen molar-refractivity contribution >= 4 is 10.1 Å². The third-order valence-electron chi connectivity index (χ3n) is 4.77. The summed E-state index contributed by atoms with van der Waals surface area (Å²) in [4.78, 5) is 1.79. The standard InChI is InChI=1S/C15H21NO3S/c1-11-3-7-14(8-4-11)20(17,18)19-15-9-13-6-5-12(15)10-16(13)2/h3-4,7-8,12-13,15H,5-6,9-10H2,1-2H3/p+1/t12-,13-,15+/m1/s1. The number of hydrogen-bond donors (Lipinski definition) is 1. The lowest BCUT2D eigenvalue weighted by atomic mass is 9.78. The number of aryl methyl sites for hydroxylation is 1. The lowest BCUT2D eigenvalue weighted by Crippen LogP contribution is -3.16. The van der Waals surface area contributed by atoms with E-state index in [0.29, 0.717) is 12.0 Å². The fourth-order valence-electron chi connectivity index (χ4n) is 3.49. The largest absolute Gasteiger partial charge is 0.335 e. The van der Waals surface area contributed by atoms with Gasteiger partial charge < -0.3 is 4.90 Å². The van der Waals surface area contributed by atoms with E-state index in [2.05, 4.69) is 7.05 Å². The molecule has 2 aliphatic heterocycles. The summed E-state index contributed by atoms with van der Waals surface area (Å²) in [5.74, 6) is 0.375. The molecule has 1 aliphatic carbocycles. The highest BCUT2D eigenvalue weighted by Crippen LogP contribution is 2.31. The third-order valence-corrected chi connectivity index (χ3v) is 6.12. The van der Waals surface area contributed by atoms with Crippen LogP contribution in [-0.2, 0) is 14.3 Å². The number of hydrogen-bond acceptors (Lipinski definition) is 3. The first-order chi connectivity index (χ1) is 9.45. The fourth-order valence-corrected chi connectivity index (χ4v) is 4.64. The molecular formula is C15H22NO3S+. The highest BCUT2D eigenvalue weighted by Gasteiger charge is 2.44. The normalized spacial score (nSPS) is 33.3.